The lowest BCUT2D eigenvalue weighted by molar-refractivity contribution is -0.384. The molecule has 0 aliphatic rings. The van der Waals surface area contributed by atoms with E-state index in [-0.39, 0.29) is 5.69 Å². The maximum absolute atomic E-state index is 10.5. The second-order valence-electron chi connectivity index (χ2n) is 3.66. The van der Waals surface area contributed by atoms with Gasteiger partial charge in [0.25, 0.3) is 5.69 Å². The molecule has 1 radical (unpaired) electrons. The smallest absolute Gasteiger partial charge is 0.258 e. The van der Waals surface area contributed by atoms with Crippen molar-refractivity contribution >= 4 is 17.4 Å². The summed E-state index contributed by atoms with van der Waals surface area (Å²) in [6.45, 7) is 3.71. The zero-order chi connectivity index (χ0) is 13.8. The van der Waals surface area contributed by atoms with Crippen LogP contribution in [0.15, 0.2) is 46.5 Å². The minimum absolute atomic E-state index is 0.0333. The molecule has 2 rings (SSSR count). The van der Waals surface area contributed by atoms with Crippen molar-refractivity contribution in [2.24, 2.45) is 0 Å². The van der Waals surface area contributed by atoms with Gasteiger partial charge in [-0.25, -0.2) is 4.98 Å². The van der Waals surface area contributed by atoms with E-state index in [9.17, 15) is 10.1 Å². The first-order valence-electron chi connectivity index (χ1n) is 5.24. The summed E-state index contributed by atoms with van der Waals surface area (Å²) in [5, 5.41) is 20.1. The third kappa shape index (κ3) is 3.09. The summed E-state index contributed by atoms with van der Waals surface area (Å²) in [5.74, 6) is 0. The van der Waals surface area contributed by atoms with Crippen molar-refractivity contribution < 1.29 is 4.92 Å². The van der Waals surface area contributed by atoms with Crippen molar-refractivity contribution in [3.63, 3.8) is 0 Å². The van der Waals surface area contributed by atoms with Crippen LogP contribution in [0.1, 0.15) is 11.1 Å². The molecule has 1 heterocycles. The average Bonchev–Trinajstić information content (AvgIpc) is 2.41. The van der Waals surface area contributed by atoms with Crippen molar-refractivity contribution in [2.45, 2.75) is 9.92 Å². The van der Waals surface area contributed by atoms with Gasteiger partial charge in [-0.15, -0.1) is 0 Å². The molecule has 0 amide bonds. The minimum Gasteiger partial charge on any atom is -0.258 e. The molecule has 0 saturated carbocycles. The van der Waals surface area contributed by atoms with Crippen LogP contribution in [0, 0.1) is 28.4 Å². The number of nitro benzene ring substituents is 1. The normalized spacial score (nSPS) is 9.89. The summed E-state index contributed by atoms with van der Waals surface area (Å²) in [6.07, 6.45) is 1.58. The molecule has 6 heteroatoms. The van der Waals surface area contributed by atoms with E-state index in [0.29, 0.717) is 16.2 Å². The fraction of sp³-hybridized carbons (Fsp3) is 0. The van der Waals surface area contributed by atoms with Crippen LogP contribution in [-0.2, 0) is 0 Å². The Kier molecular flexibility index (Phi) is 3.78. The molecule has 0 unspecified atom stereocenters. The first-order valence-corrected chi connectivity index (χ1v) is 6.06. The minimum atomic E-state index is -0.453. The largest absolute Gasteiger partial charge is 0.269 e. The molecule has 0 bridgehead atoms. The molecule has 0 N–H and O–H groups in total. The number of hydrogen-bond donors (Lipinski definition) is 0. The van der Waals surface area contributed by atoms with E-state index in [1.165, 1.54) is 23.9 Å². The van der Waals surface area contributed by atoms with Gasteiger partial charge in [0, 0.05) is 23.2 Å². The van der Waals surface area contributed by atoms with Crippen molar-refractivity contribution in [3.8, 4) is 6.07 Å². The second-order valence-corrected chi connectivity index (χ2v) is 4.72. The SMILES string of the molecule is [CH2]c1cnc(Sc2ccc([N+](=O)[O-])cc2)c(C#N)c1. The molecule has 1 aromatic heterocycles. The Morgan fingerprint density at radius 3 is 2.63 bits per heavy atom. The Morgan fingerprint density at radius 2 is 2.05 bits per heavy atom. The van der Waals surface area contributed by atoms with Crippen LogP contribution in [0.3, 0.4) is 0 Å². The molecule has 0 aliphatic heterocycles. The van der Waals surface area contributed by atoms with Crippen molar-refractivity contribution in [1.29, 1.82) is 5.26 Å². The molecule has 5 nitrogen and oxygen atoms in total. The zero-order valence-corrected chi connectivity index (χ0v) is 10.6. The summed E-state index contributed by atoms with van der Waals surface area (Å²) in [5.41, 5.74) is 1.14. The lowest BCUT2D eigenvalue weighted by Gasteiger charge is -2.03. The molecule has 0 aliphatic carbocycles. The Morgan fingerprint density at radius 1 is 1.37 bits per heavy atom. The molecule has 0 spiro atoms. The Labute approximate surface area is 114 Å². The van der Waals surface area contributed by atoms with E-state index in [1.807, 2.05) is 0 Å². The van der Waals surface area contributed by atoms with Gasteiger partial charge < -0.3 is 0 Å². The summed E-state index contributed by atoms with van der Waals surface area (Å²) < 4.78 is 0. The van der Waals surface area contributed by atoms with Gasteiger partial charge in [-0.1, -0.05) is 11.8 Å². The number of benzene rings is 1. The molecule has 19 heavy (non-hydrogen) atoms. The third-order valence-corrected chi connectivity index (χ3v) is 3.32. The van der Waals surface area contributed by atoms with Crippen LogP contribution in [0.25, 0.3) is 0 Å². The lowest BCUT2D eigenvalue weighted by Crippen LogP contribution is -1.89. The highest BCUT2D eigenvalue weighted by Gasteiger charge is 2.08. The van der Waals surface area contributed by atoms with Crippen molar-refractivity contribution in [1.82, 2.24) is 4.98 Å². The first-order chi connectivity index (χ1) is 9.10. The number of aromatic nitrogens is 1. The lowest BCUT2D eigenvalue weighted by atomic mass is 10.2. The predicted octanol–water partition coefficient (Wildman–Crippen LogP) is 3.19. The van der Waals surface area contributed by atoms with Crippen LogP contribution >= 0.6 is 11.8 Å². The summed E-state index contributed by atoms with van der Waals surface area (Å²) in [6, 6.07) is 9.81. The van der Waals surface area contributed by atoms with E-state index in [2.05, 4.69) is 18.0 Å². The summed E-state index contributed by atoms with van der Waals surface area (Å²) in [7, 11) is 0. The number of nitriles is 1. The maximum atomic E-state index is 10.5. The summed E-state index contributed by atoms with van der Waals surface area (Å²) in [4.78, 5) is 15.0. The Balaban J connectivity index is 2.26. The van der Waals surface area contributed by atoms with Crippen LogP contribution in [0.5, 0.6) is 0 Å². The van der Waals surface area contributed by atoms with Crippen LogP contribution in [0.2, 0.25) is 0 Å². The number of hydrogen-bond acceptors (Lipinski definition) is 5. The average molecular weight is 270 g/mol. The first kappa shape index (κ1) is 13.1. The van der Waals surface area contributed by atoms with E-state index in [0.717, 1.165) is 4.90 Å². The van der Waals surface area contributed by atoms with Crippen molar-refractivity contribution in [3.05, 3.63) is 64.7 Å². The van der Waals surface area contributed by atoms with Gasteiger partial charge in [-0.3, -0.25) is 10.1 Å². The van der Waals surface area contributed by atoms with Gasteiger partial charge in [0.05, 0.1) is 10.5 Å². The highest BCUT2D eigenvalue weighted by atomic mass is 32.2. The predicted molar refractivity (Wildman–Crippen MR) is 70.6 cm³/mol. The highest BCUT2D eigenvalue weighted by Crippen LogP contribution is 2.29. The number of nitro groups is 1. The van der Waals surface area contributed by atoms with Gasteiger partial charge >= 0.3 is 0 Å². The van der Waals surface area contributed by atoms with Gasteiger partial charge in [0.2, 0.25) is 0 Å². The van der Waals surface area contributed by atoms with Crippen LogP contribution in [-0.4, -0.2) is 9.91 Å². The second kappa shape index (κ2) is 5.50. The van der Waals surface area contributed by atoms with E-state index >= 15 is 0 Å². The number of rotatable bonds is 3. The topological polar surface area (TPSA) is 79.8 Å². The fourth-order valence-corrected chi connectivity index (χ4v) is 2.22. The van der Waals surface area contributed by atoms with Crippen molar-refractivity contribution in [2.75, 3.05) is 0 Å². The molecule has 0 fully saturated rings. The molecular weight excluding hydrogens is 262 g/mol. The molecular formula is C13H8N3O2S. The van der Waals surface area contributed by atoms with Crippen LogP contribution < -0.4 is 0 Å². The van der Waals surface area contributed by atoms with Gasteiger partial charge in [0.15, 0.2) is 0 Å². The molecule has 93 valence electrons. The third-order valence-electron chi connectivity index (χ3n) is 2.29. The number of nitrogens with zero attached hydrogens (tertiary/aromatic N) is 3. The van der Waals surface area contributed by atoms with E-state index < -0.39 is 4.92 Å². The Bertz CT molecular complexity index is 663. The van der Waals surface area contributed by atoms with Gasteiger partial charge in [-0.05, 0) is 30.7 Å². The van der Waals surface area contributed by atoms with Gasteiger partial charge in [-0.2, -0.15) is 5.26 Å². The van der Waals surface area contributed by atoms with E-state index in [4.69, 9.17) is 5.26 Å². The molecule has 1 aromatic carbocycles. The number of pyridine rings is 1. The van der Waals surface area contributed by atoms with Gasteiger partial charge in [0.1, 0.15) is 11.1 Å². The monoisotopic (exact) mass is 270 g/mol. The standard InChI is InChI=1S/C13H8N3O2S/c1-9-6-10(7-14)13(15-8-9)19-12-4-2-11(3-5-12)16(17)18/h2-6,8H,1H2. The van der Waals surface area contributed by atoms with Crippen LogP contribution in [0.4, 0.5) is 5.69 Å². The Hall–Kier alpha value is -2.39. The quantitative estimate of drug-likeness (QED) is 0.632. The number of non-ortho nitro benzene ring substituents is 1. The molecule has 0 saturated heterocycles. The summed E-state index contributed by atoms with van der Waals surface area (Å²) >= 11 is 1.28. The highest BCUT2D eigenvalue weighted by molar-refractivity contribution is 7.99. The van der Waals surface area contributed by atoms with E-state index in [1.54, 1.807) is 24.4 Å². The molecule has 2 aromatic rings. The molecule has 0 atom stereocenters. The maximum Gasteiger partial charge on any atom is 0.269 e. The zero-order valence-electron chi connectivity index (χ0n) is 9.74. The fourth-order valence-electron chi connectivity index (χ4n) is 1.40.